The van der Waals surface area contributed by atoms with Gasteiger partial charge in [0, 0.05) is 37.7 Å². The predicted octanol–water partition coefficient (Wildman–Crippen LogP) is 5.40. The molecule has 0 bridgehead atoms. The summed E-state index contributed by atoms with van der Waals surface area (Å²) in [6, 6.07) is 3.25. The van der Waals surface area contributed by atoms with Crippen molar-refractivity contribution in [2.75, 3.05) is 38.7 Å². The van der Waals surface area contributed by atoms with Gasteiger partial charge in [0.15, 0.2) is 0 Å². The van der Waals surface area contributed by atoms with Crippen LogP contribution in [0.2, 0.25) is 0 Å². The average Bonchev–Trinajstić information content (AvgIpc) is 3.56. The molecule has 0 unspecified atom stereocenters. The molecule has 0 spiro atoms. The van der Waals surface area contributed by atoms with Crippen LogP contribution in [0.15, 0.2) is 34.4 Å². The van der Waals surface area contributed by atoms with Crippen molar-refractivity contribution in [3.05, 3.63) is 41.3 Å². The van der Waals surface area contributed by atoms with Crippen LogP contribution in [0.5, 0.6) is 5.75 Å². The molecule has 1 saturated carbocycles. The molecule has 1 aromatic carbocycles. The highest BCUT2D eigenvalue weighted by atomic mass is 19.4. The fourth-order valence-corrected chi connectivity index (χ4v) is 3.94. The number of nitrogens with zero attached hydrogens (tertiary/aromatic N) is 3. The molecule has 2 fully saturated rings. The van der Waals surface area contributed by atoms with Gasteiger partial charge in [-0.3, -0.25) is 4.79 Å². The molecule has 1 aliphatic carbocycles. The topological polar surface area (TPSA) is 91.3 Å². The van der Waals surface area contributed by atoms with E-state index in [0.29, 0.717) is 26.3 Å². The van der Waals surface area contributed by atoms with E-state index in [-0.39, 0.29) is 34.7 Å². The number of guanidine groups is 1. The number of amides is 1. The van der Waals surface area contributed by atoms with E-state index in [9.17, 15) is 18.0 Å². The minimum absolute atomic E-state index is 0.0438. The maximum absolute atomic E-state index is 15.2. The number of hydrogen-bond acceptors (Lipinski definition) is 4. The molecule has 1 saturated heterocycles. The predicted molar refractivity (Wildman–Crippen MR) is 131 cm³/mol. The van der Waals surface area contributed by atoms with Gasteiger partial charge in [0.1, 0.15) is 17.4 Å². The third-order valence-corrected chi connectivity index (χ3v) is 6.20. The Morgan fingerprint density at radius 2 is 1.97 bits per heavy atom. The molecule has 37 heavy (non-hydrogen) atoms. The fraction of sp³-hybridized carbons (Fsp3) is 0.480. The van der Waals surface area contributed by atoms with Crippen LogP contribution in [0.1, 0.15) is 48.5 Å². The molecule has 0 radical (unpaired) electrons. The van der Waals surface area contributed by atoms with Crippen LogP contribution in [0.3, 0.4) is 0 Å². The van der Waals surface area contributed by atoms with Crippen molar-refractivity contribution >= 4 is 29.1 Å². The van der Waals surface area contributed by atoms with Crippen LogP contribution in [0, 0.1) is 11.7 Å². The van der Waals surface area contributed by atoms with Crippen LogP contribution >= 0.6 is 0 Å². The Bertz CT molecular complexity index is 1180. The smallest absolute Gasteiger partial charge is 0.417 e. The summed E-state index contributed by atoms with van der Waals surface area (Å²) in [6.07, 6.45) is -0.244. The highest BCUT2D eigenvalue weighted by molar-refractivity contribution is 6.05. The Balaban J connectivity index is 1.63. The lowest BCUT2D eigenvalue weighted by Gasteiger charge is -2.25. The Morgan fingerprint density at radius 1 is 1.19 bits per heavy atom. The van der Waals surface area contributed by atoms with Gasteiger partial charge in [0.2, 0.25) is 5.96 Å². The standard InChI is InChI=1S/C25H29F4N5O3/c1-15(16-5-6-16)31-24(33-22-11-17(14-30-22)25(27,28)29)32-20-13-19(26)18(12-21(20)36-2)23(35)34-7-3-4-9-37-10-8-34/h11-14,16,30H,3-10H2,1-2H3,(H,32,33). The number of nitrogens with one attached hydrogen (secondary N) is 2. The molecule has 1 aromatic heterocycles. The number of ether oxygens (including phenoxy) is 2. The number of halogens is 4. The second kappa shape index (κ2) is 11.3. The number of anilines is 1. The monoisotopic (exact) mass is 523 g/mol. The van der Waals surface area contributed by atoms with E-state index < -0.39 is 23.5 Å². The largest absolute Gasteiger partial charge is 0.495 e. The zero-order valence-electron chi connectivity index (χ0n) is 20.6. The number of carbonyl (C=O) groups is 1. The quantitative estimate of drug-likeness (QED) is 0.312. The minimum Gasteiger partial charge on any atom is -0.495 e. The lowest BCUT2D eigenvalue weighted by atomic mass is 10.1. The summed E-state index contributed by atoms with van der Waals surface area (Å²) in [5, 5.41) is 2.86. The van der Waals surface area contributed by atoms with Gasteiger partial charge in [-0.1, -0.05) is 0 Å². The summed E-state index contributed by atoms with van der Waals surface area (Å²) >= 11 is 0. The summed E-state index contributed by atoms with van der Waals surface area (Å²) in [7, 11) is 1.37. The second-order valence-electron chi connectivity index (χ2n) is 9.00. The molecular weight excluding hydrogens is 494 g/mol. The molecule has 2 N–H and O–H groups in total. The summed E-state index contributed by atoms with van der Waals surface area (Å²) < 4.78 is 65.1. The van der Waals surface area contributed by atoms with E-state index in [1.807, 2.05) is 0 Å². The number of H-pyrrole nitrogens is 1. The Labute approximate surface area is 211 Å². The van der Waals surface area contributed by atoms with E-state index in [2.05, 4.69) is 20.3 Å². The SMILES string of the molecule is COc1cc(C(=O)N2CCCCOCC2)c(F)cc1NC(=Nc1cc(C(F)(F)F)c[nH]1)N=C(C)C1CC1. The van der Waals surface area contributed by atoms with Crippen molar-refractivity contribution in [3.8, 4) is 5.75 Å². The van der Waals surface area contributed by atoms with Crippen molar-refractivity contribution in [2.24, 2.45) is 15.9 Å². The molecule has 200 valence electrons. The van der Waals surface area contributed by atoms with Crippen LogP contribution in [-0.2, 0) is 10.9 Å². The third kappa shape index (κ3) is 6.88. The lowest BCUT2D eigenvalue weighted by molar-refractivity contribution is -0.137. The summed E-state index contributed by atoms with van der Waals surface area (Å²) in [5.41, 5.74) is -0.159. The first-order chi connectivity index (χ1) is 17.7. The summed E-state index contributed by atoms with van der Waals surface area (Å²) in [5.74, 6) is -0.956. The van der Waals surface area contributed by atoms with E-state index in [1.54, 1.807) is 11.8 Å². The Hall–Kier alpha value is -3.41. The van der Waals surface area contributed by atoms with Gasteiger partial charge < -0.3 is 24.7 Å². The fourth-order valence-electron chi connectivity index (χ4n) is 3.94. The maximum Gasteiger partial charge on any atom is 0.417 e. The minimum atomic E-state index is -4.53. The first-order valence-corrected chi connectivity index (χ1v) is 12.1. The molecule has 2 heterocycles. The van der Waals surface area contributed by atoms with E-state index >= 15 is 4.39 Å². The molecule has 1 amide bonds. The number of carbonyl (C=O) groups excluding carboxylic acids is 1. The van der Waals surface area contributed by atoms with Gasteiger partial charge in [-0.2, -0.15) is 18.2 Å². The van der Waals surface area contributed by atoms with Crippen molar-refractivity contribution in [1.29, 1.82) is 0 Å². The number of rotatable bonds is 5. The number of benzene rings is 1. The van der Waals surface area contributed by atoms with Gasteiger partial charge >= 0.3 is 6.18 Å². The molecule has 4 rings (SSSR count). The van der Waals surface area contributed by atoms with Crippen LogP contribution < -0.4 is 10.1 Å². The molecule has 12 heteroatoms. The molecule has 8 nitrogen and oxygen atoms in total. The second-order valence-corrected chi connectivity index (χ2v) is 9.00. The first-order valence-electron chi connectivity index (χ1n) is 12.1. The van der Waals surface area contributed by atoms with E-state index in [0.717, 1.165) is 49.7 Å². The average molecular weight is 524 g/mol. The molecule has 0 atom stereocenters. The van der Waals surface area contributed by atoms with Gasteiger partial charge in [-0.25, -0.2) is 9.38 Å². The maximum atomic E-state index is 15.2. The van der Waals surface area contributed by atoms with E-state index in [4.69, 9.17) is 9.47 Å². The van der Waals surface area contributed by atoms with Crippen molar-refractivity contribution in [1.82, 2.24) is 9.88 Å². The zero-order chi connectivity index (χ0) is 26.6. The molecule has 2 aromatic rings. The molecule has 1 aliphatic heterocycles. The highest BCUT2D eigenvalue weighted by Gasteiger charge is 2.32. The molecular formula is C25H29F4N5O3. The Kier molecular flexibility index (Phi) is 8.16. The van der Waals surface area contributed by atoms with Gasteiger partial charge in [0.25, 0.3) is 5.91 Å². The number of aromatic nitrogens is 1. The summed E-state index contributed by atoms with van der Waals surface area (Å²) in [6.45, 7) is 3.65. The third-order valence-electron chi connectivity index (χ3n) is 6.20. The number of aliphatic imine (C=N–C) groups is 2. The van der Waals surface area contributed by atoms with Gasteiger partial charge in [0.05, 0.1) is 30.5 Å². The number of aromatic amines is 1. The Morgan fingerprint density at radius 3 is 2.65 bits per heavy atom. The zero-order valence-corrected chi connectivity index (χ0v) is 20.6. The number of methoxy groups -OCH3 is 1. The van der Waals surface area contributed by atoms with Crippen LogP contribution in [0.4, 0.5) is 29.1 Å². The van der Waals surface area contributed by atoms with Crippen molar-refractivity contribution < 1.29 is 31.8 Å². The van der Waals surface area contributed by atoms with Crippen molar-refractivity contribution in [3.63, 3.8) is 0 Å². The van der Waals surface area contributed by atoms with Gasteiger partial charge in [-0.15, -0.1) is 0 Å². The van der Waals surface area contributed by atoms with E-state index in [1.165, 1.54) is 13.2 Å². The number of hydrogen-bond donors (Lipinski definition) is 2. The van der Waals surface area contributed by atoms with Crippen molar-refractivity contribution in [2.45, 2.75) is 38.8 Å². The molecule has 2 aliphatic rings. The normalized spacial score (nSPS) is 17.8. The highest BCUT2D eigenvalue weighted by Crippen LogP contribution is 2.33. The van der Waals surface area contributed by atoms with Crippen LogP contribution in [0.25, 0.3) is 0 Å². The number of alkyl halides is 3. The van der Waals surface area contributed by atoms with Gasteiger partial charge in [-0.05, 0) is 50.7 Å². The first kappa shape index (κ1) is 26.6. The van der Waals surface area contributed by atoms with Crippen LogP contribution in [-0.4, -0.2) is 60.9 Å². The summed E-state index contributed by atoms with van der Waals surface area (Å²) in [4.78, 5) is 25.7. The lowest BCUT2D eigenvalue weighted by Crippen LogP contribution is -2.36.